The van der Waals surface area contributed by atoms with E-state index in [1.165, 1.54) is 5.69 Å². The highest BCUT2D eigenvalue weighted by molar-refractivity contribution is 5.45. The van der Waals surface area contributed by atoms with E-state index in [4.69, 9.17) is 0 Å². The van der Waals surface area contributed by atoms with E-state index in [0.29, 0.717) is 12.1 Å². The van der Waals surface area contributed by atoms with E-state index < -0.39 is 0 Å². The van der Waals surface area contributed by atoms with Crippen LogP contribution in [0.1, 0.15) is 13.8 Å². The van der Waals surface area contributed by atoms with Crippen LogP contribution in [0.2, 0.25) is 0 Å². The lowest BCUT2D eigenvalue weighted by atomic mass is 10.1. The lowest BCUT2D eigenvalue weighted by molar-refractivity contribution is 0.206. The summed E-state index contributed by atoms with van der Waals surface area (Å²) in [5.74, 6) is 0. The van der Waals surface area contributed by atoms with Crippen molar-refractivity contribution < 1.29 is 0 Å². The average Bonchev–Trinajstić information content (AvgIpc) is 2.25. The third kappa shape index (κ3) is 2.12. The van der Waals surface area contributed by atoms with Gasteiger partial charge in [0.15, 0.2) is 0 Å². The van der Waals surface area contributed by atoms with Crippen molar-refractivity contribution in [2.75, 3.05) is 25.0 Å². The minimum absolute atomic E-state index is 0.565. The Bertz CT molecular complexity index is 312. The maximum atomic E-state index is 4.18. The standard InChI is InChI=1S/C12H19N3/c1-10-9-15(11(2)8-14(10)3)12-5-4-6-13-7-12/h4-7,10-11H,8-9H2,1-3H3/t10-,11+/m1/s1. The third-order valence-electron chi connectivity index (χ3n) is 3.28. The normalized spacial score (nSPS) is 28.1. The second kappa shape index (κ2) is 4.19. The van der Waals surface area contributed by atoms with Crippen molar-refractivity contribution in [3.8, 4) is 0 Å². The fourth-order valence-electron chi connectivity index (χ4n) is 2.18. The molecule has 0 N–H and O–H groups in total. The molecule has 1 fully saturated rings. The Labute approximate surface area is 91.7 Å². The molecule has 2 atom stereocenters. The molecular formula is C12H19N3. The van der Waals surface area contributed by atoms with Gasteiger partial charge in [-0.2, -0.15) is 0 Å². The van der Waals surface area contributed by atoms with E-state index in [0.717, 1.165) is 13.1 Å². The maximum absolute atomic E-state index is 4.18. The van der Waals surface area contributed by atoms with E-state index >= 15 is 0 Å². The van der Waals surface area contributed by atoms with Gasteiger partial charge >= 0.3 is 0 Å². The van der Waals surface area contributed by atoms with Gasteiger partial charge in [0.2, 0.25) is 0 Å². The summed E-state index contributed by atoms with van der Waals surface area (Å²) in [4.78, 5) is 9.04. The number of pyridine rings is 1. The molecular weight excluding hydrogens is 186 g/mol. The van der Waals surface area contributed by atoms with Crippen molar-refractivity contribution in [3.63, 3.8) is 0 Å². The molecule has 1 aromatic heterocycles. The van der Waals surface area contributed by atoms with Gasteiger partial charge in [-0.05, 0) is 33.0 Å². The first-order valence-corrected chi connectivity index (χ1v) is 5.55. The summed E-state index contributed by atoms with van der Waals surface area (Å²) in [5.41, 5.74) is 1.24. The Hall–Kier alpha value is -1.09. The molecule has 82 valence electrons. The largest absolute Gasteiger partial charge is 0.365 e. The van der Waals surface area contributed by atoms with Crippen LogP contribution in [-0.2, 0) is 0 Å². The van der Waals surface area contributed by atoms with Gasteiger partial charge in [0.05, 0.1) is 11.9 Å². The van der Waals surface area contributed by atoms with Gasteiger partial charge in [0.1, 0.15) is 0 Å². The number of piperazine rings is 1. The zero-order valence-electron chi connectivity index (χ0n) is 9.72. The van der Waals surface area contributed by atoms with Crippen LogP contribution in [0.3, 0.4) is 0 Å². The molecule has 0 bridgehead atoms. The van der Waals surface area contributed by atoms with Gasteiger partial charge in [-0.3, -0.25) is 9.88 Å². The van der Waals surface area contributed by atoms with Gasteiger partial charge in [0, 0.05) is 31.4 Å². The fraction of sp³-hybridized carbons (Fsp3) is 0.583. The highest BCUT2D eigenvalue weighted by Crippen LogP contribution is 2.21. The number of likely N-dealkylation sites (N-methyl/N-ethyl adjacent to an activating group) is 1. The molecule has 0 aromatic carbocycles. The Balaban J connectivity index is 2.16. The van der Waals surface area contributed by atoms with Gasteiger partial charge in [-0.1, -0.05) is 0 Å². The second-order valence-electron chi connectivity index (χ2n) is 4.50. The van der Waals surface area contributed by atoms with E-state index in [2.05, 4.69) is 41.7 Å². The first-order chi connectivity index (χ1) is 7.18. The highest BCUT2D eigenvalue weighted by Gasteiger charge is 2.26. The summed E-state index contributed by atoms with van der Waals surface area (Å²) < 4.78 is 0. The summed E-state index contributed by atoms with van der Waals surface area (Å²) in [7, 11) is 2.20. The number of nitrogens with zero attached hydrogens (tertiary/aromatic N) is 3. The lowest BCUT2D eigenvalue weighted by Crippen LogP contribution is -2.55. The van der Waals surface area contributed by atoms with E-state index in [9.17, 15) is 0 Å². The molecule has 3 heteroatoms. The Kier molecular flexibility index (Phi) is 2.91. The van der Waals surface area contributed by atoms with Crippen LogP contribution in [0.5, 0.6) is 0 Å². The summed E-state index contributed by atoms with van der Waals surface area (Å²) >= 11 is 0. The van der Waals surface area contributed by atoms with Crippen molar-refractivity contribution in [2.45, 2.75) is 25.9 Å². The first-order valence-electron chi connectivity index (χ1n) is 5.55. The molecule has 0 amide bonds. The minimum Gasteiger partial charge on any atom is -0.365 e. The molecule has 2 heterocycles. The highest BCUT2D eigenvalue weighted by atomic mass is 15.3. The Morgan fingerprint density at radius 1 is 1.27 bits per heavy atom. The predicted octanol–water partition coefficient (Wildman–Crippen LogP) is 1.61. The van der Waals surface area contributed by atoms with E-state index in [-0.39, 0.29) is 0 Å². The molecule has 1 aromatic rings. The zero-order valence-corrected chi connectivity index (χ0v) is 9.72. The van der Waals surface area contributed by atoms with Crippen LogP contribution in [0.4, 0.5) is 5.69 Å². The van der Waals surface area contributed by atoms with Gasteiger partial charge < -0.3 is 4.90 Å². The predicted molar refractivity (Wildman–Crippen MR) is 63.1 cm³/mol. The van der Waals surface area contributed by atoms with Gasteiger partial charge in [-0.15, -0.1) is 0 Å². The maximum Gasteiger partial charge on any atom is 0.0556 e. The molecule has 1 aliphatic rings. The second-order valence-corrected chi connectivity index (χ2v) is 4.50. The smallest absolute Gasteiger partial charge is 0.0556 e. The molecule has 1 aliphatic heterocycles. The molecule has 0 spiro atoms. The molecule has 15 heavy (non-hydrogen) atoms. The van der Waals surface area contributed by atoms with Crippen LogP contribution in [0.15, 0.2) is 24.5 Å². The van der Waals surface area contributed by atoms with Crippen LogP contribution >= 0.6 is 0 Å². The fourth-order valence-corrected chi connectivity index (χ4v) is 2.18. The topological polar surface area (TPSA) is 19.4 Å². The lowest BCUT2D eigenvalue weighted by Gasteiger charge is -2.43. The van der Waals surface area contributed by atoms with E-state index in [1.54, 1.807) is 0 Å². The summed E-state index contributed by atoms with van der Waals surface area (Å²) in [6.07, 6.45) is 3.78. The van der Waals surface area contributed by atoms with Crippen LogP contribution in [0, 0.1) is 0 Å². The molecule has 3 nitrogen and oxygen atoms in total. The SMILES string of the molecule is C[C@@H]1CN(c2cccnc2)[C@@H](C)CN1C. The summed E-state index contributed by atoms with van der Waals surface area (Å²) in [5, 5.41) is 0. The molecule has 0 radical (unpaired) electrons. The molecule has 1 saturated heterocycles. The van der Waals surface area contributed by atoms with Crippen LogP contribution in [-0.4, -0.2) is 42.1 Å². The summed E-state index contributed by atoms with van der Waals surface area (Å²) in [6.45, 7) is 6.75. The quantitative estimate of drug-likeness (QED) is 0.694. The van der Waals surface area contributed by atoms with Crippen molar-refractivity contribution in [1.29, 1.82) is 0 Å². The monoisotopic (exact) mass is 205 g/mol. The van der Waals surface area contributed by atoms with Gasteiger partial charge in [0.25, 0.3) is 0 Å². The van der Waals surface area contributed by atoms with Crippen molar-refractivity contribution >= 4 is 5.69 Å². The number of hydrogen-bond donors (Lipinski definition) is 0. The van der Waals surface area contributed by atoms with Crippen molar-refractivity contribution in [3.05, 3.63) is 24.5 Å². The molecule has 0 unspecified atom stereocenters. The first kappa shape index (κ1) is 10.4. The van der Waals surface area contributed by atoms with Crippen molar-refractivity contribution in [1.82, 2.24) is 9.88 Å². The number of anilines is 1. The van der Waals surface area contributed by atoms with Crippen molar-refractivity contribution in [2.24, 2.45) is 0 Å². The average molecular weight is 205 g/mol. The Morgan fingerprint density at radius 3 is 2.73 bits per heavy atom. The molecule has 0 saturated carbocycles. The summed E-state index contributed by atoms with van der Waals surface area (Å²) in [6, 6.07) is 5.32. The molecule has 0 aliphatic carbocycles. The zero-order chi connectivity index (χ0) is 10.8. The third-order valence-corrected chi connectivity index (χ3v) is 3.28. The van der Waals surface area contributed by atoms with E-state index in [1.807, 2.05) is 18.5 Å². The number of aromatic nitrogens is 1. The van der Waals surface area contributed by atoms with Crippen LogP contribution < -0.4 is 4.90 Å². The van der Waals surface area contributed by atoms with Gasteiger partial charge in [-0.25, -0.2) is 0 Å². The number of hydrogen-bond acceptors (Lipinski definition) is 3. The Morgan fingerprint density at radius 2 is 2.07 bits per heavy atom. The molecule has 2 rings (SSSR count). The number of rotatable bonds is 1. The van der Waals surface area contributed by atoms with Crippen LogP contribution in [0.25, 0.3) is 0 Å². The minimum atomic E-state index is 0.565.